The minimum absolute atomic E-state index is 0.588. The fraction of sp³-hybridized carbons (Fsp3) is 0.571. The van der Waals surface area contributed by atoms with E-state index < -0.39 is 0 Å². The quantitative estimate of drug-likeness (QED) is 0.927. The second-order valence-corrected chi connectivity index (χ2v) is 5.66. The highest BCUT2D eigenvalue weighted by molar-refractivity contribution is 9.10. The molecule has 0 unspecified atom stereocenters. The minimum Gasteiger partial charge on any atom is -0.369 e. The smallest absolute Gasteiger partial charge is 0.0378 e. The van der Waals surface area contributed by atoms with Crippen molar-refractivity contribution in [3.63, 3.8) is 0 Å². The van der Waals surface area contributed by atoms with E-state index in [1.165, 1.54) is 37.3 Å². The molecule has 1 aromatic carbocycles. The third-order valence-electron chi connectivity index (χ3n) is 3.53. The van der Waals surface area contributed by atoms with Crippen LogP contribution in [0.5, 0.6) is 0 Å². The molecule has 1 aliphatic rings. The monoisotopic (exact) mass is 311 g/mol. The zero-order valence-electron chi connectivity index (χ0n) is 11.0. The van der Waals surface area contributed by atoms with Gasteiger partial charge in [-0.3, -0.25) is 4.90 Å². The molecule has 1 fully saturated rings. The van der Waals surface area contributed by atoms with Gasteiger partial charge in [0.15, 0.2) is 0 Å². The summed E-state index contributed by atoms with van der Waals surface area (Å²) in [7, 11) is 0. The maximum Gasteiger partial charge on any atom is 0.0378 e. The van der Waals surface area contributed by atoms with Crippen LogP contribution in [0.4, 0.5) is 5.69 Å². The summed E-state index contributed by atoms with van der Waals surface area (Å²) in [4.78, 5) is 5.00. The van der Waals surface area contributed by atoms with Crippen molar-refractivity contribution < 1.29 is 0 Å². The highest BCUT2D eigenvalue weighted by Crippen LogP contribution is 2.24. The molecule has 1 aromatic rings. The topological polar surface area (TPSA) is 32.5 Å². The summed E-state index contributed by atoms with van der Waals surface area (Å²) in [5.41, 5.74) is 8.15. The molecule has 0 radical (unpaired) electrons. The van der Waals surface area contributed by atoms with Crippen LogP contribution in [0.1, 0.15) is 18.9 Å². The maximum absolute atomic E-state index is 5.68. The van der Waals surface area contributed by atoms with Gasteiger partial charge >= 0.3 is 0 Å². The van der Waals surface area contributed by atoms with E-state index in [0.717, 1.165) is 17.6 Å². The number of anilines is 1. The molecule has 2 N–H and O–H groups in total. The Morgan fingerprint density at radius 3 is 2.50 bits per heavy atom. The number of nitrogens with two attached hydrogens (primary N) is 1. The van der Waals surface area contributed by atoms with Crippen molar-refractivity contribution >= 4 is 21.6 Å². The van der Waals surface area contributed by atoms with Crippen LogP contribution in [-0.4, -0.2) is 37.6 Å². The molecule has 3 nitrogen and oxygen atoms in total. The van der Waals surface area contributed by atoms with E-state index in [2.05, 4.69) is 50.9 Å². The molecule has 1 saturated heterocycles. The minimum atomic E-state index is 0.588. The van der Waals surface area contributed by atoms with Crippen LogP contribution in [0.25, 0.3) is 0 Å². The zero-order valence-corrected chi connectivity index (χ0v) is 12.6. The van der Waals surface area contributed by atoms with Gasteiger partial charge < -0.3 is 10.6 Å². The molecule has 1 aliphatic heterocycles. The van der Waals surface area contributed by atoms with Gasteiger partial charge in [0.05, 0.1) is 0 Å². The Bertz CT molecular complexity index is 387. The van der Waals surface area contributed by atoms with Crippen LogP contribution >= 0.6 is 15.9 Å². The lowest BCUT2D eigenvalue weighted by molar-refractivity contribution is 0.258. The van der Waals surface area contributed by atoms with Crippen molar-refractivity contribution in [1.29, 1.82) is 0 Å². The van der Waals surface area contributed by atoms with E-state index in [9.17, 15) is 0 Å². The van der Waals surface area contributed by atoms with E-state index >= 15 is 0 Å². The first-order chi connectivity index (χ1) is 8.74. The fourth-order valence-electron chi connectivity index (χ4n) is 2.44. The second-order valence-electron chi connectivity index (χ2n) is 4.81. The van der Waals surface area contributed by atoms with Crippen LogP contribution in [-0.2, 0) is 6.54 Å². The molecule has 1 heterocycles. The van der Waals surface area contributed by atoms with E-state index in [1.807, 2.05) is 0 Å². The Morgan fingerprint density at radius 2 is 1.94 bits per heavy atom. The second kappa shape index (κ2) is 6.55. The SMILES string of the molecule is CCCN1CCN(c2ccc(CN)c(Br)c2)CC1. The van der Waals surface area contributed by atoms with E-state index in [-0.39, 0.29) is 0 Å². The summed E-state index contributed by atoms with van der Waals surface area (Å²) < 4.78 is 1.12. The van der Waals surface area contributed by atoms with Gasteiger partial charge in [-0.1, -0.05) is 28.9 Å². The van der Waals surface area contributed by atoms with Gasteiger partial charge in [-0.25, -0.2) is 0 Å². The lowest BCUT2D eigenvalue weighted by Crippen LogP contribution is -2.46. The van der Waals surface area contributed by atoms with Gasteiger partial charge in [0, 0.05) is 42.9 Å². The van der Waals surface area contributed by atoms with Gasteiger partial charge in [0.2, 0.25) is 0 Å². The van der Waals surface area contributed by atoms with Gasteiger partial charge in [-0.15, -0.1) is 0 Å². The van der Waals surface area contributed by atoms with Crippen LogP contribution in [0.3, 0.4) is 0 Å². The molecule has 0 atom stereocenters. The Balaban J connectivity index is 1.99. The van der Waals surface area contributed by atoms with Crippen molar-refractivity contribution in [3.05, 3.63) is 28.2 Å². The number of nitrogens with zero attached hydrogens (tertiary/aromatic N) is 2. The molecular formula is C14H22BrN3. The normalized spacial score (nSPS) is 17.2. The standard InChI is InChI=1S/C14H22BrN3/c1-2-5-17-6-8-18(9-7-17)13-4-3-12(11-16)14(15)10-13/h3-4,10H,2,5-9,11,16H2,1H3. The zero-order chi connectivity index (χ0) is 13.0. The molecule has 0 amide bonds. The van der Waals surface area contributed by atoms with Crippen molar-refractivity contribution in [2.75, 3.05) is 37.6 Å². The highest BCUT2D eigenvalue weighted by atomic mass is 79.9. The lowest BCUT2D eigenvalue weighted by atomic mass is 10.2. The van der Waals surface area contributed by atoms with Gasteiger partial charge in [0.25, 0.3) is 0 Å². The van der Waals surface area contributed by atoms with Gasteiger partial charge in [-0.2, -0.15) is 0 Å². The molecule has 4 heteroatoms. The first-order valence-electron chi connectivity index (χ1n) is 6.70. The first-order valence-corrected chi connectivity index (χ1v) is 7.49. The Hall–Kier alpha value is -0.580. The third-order valence-corrected chi connectivity index (χ3v) is 4.27. The number of benzene rings is 1. The Kier molecular flexibility index (Phi) is 5.03. The van der Waals surface area contributed by atoms with Crippen LogP contribution in [0.15, 0.2) is 22.7 Å². The average molecular weight is 312 g/mol. The molecule has 0 aliphatic carbocycles. The number of rotatable bonds is 4. The number of halogens is 1. The van der Waals surface area contributed by atoms with Gasteiger partial charge in [-0.05, 0) is 30.7 Å². The molecule has 2 rings (SSSR count). The highest BCUT2D eigenvalue weighted by Gasteiger charge is 2.16. The summed E-state index contributed by atoms with van der Waals surface area (Å²) in [5, 5.41) is 0. The first kappa shape index (κ1) is 13.8. The largest absolute Gasteiger partial charge is 0.369 e. The van der Waals surface area contributed by atoms with E-state index in [0.29, 0.717) is 6.54 Å². The molecule has 0 spiro atoms. The molecule has 0 aromatic heterocycles. The molecule has 100 valence electrons. The number of hydrogen-bond donors (Lipinski definition) is 1. The summed E-state index contributed by atoms with van der Waals surface area (Å²) in [6.45, 7) is 8.64. The van der Waals surface area contributed by atoms with E-state index in [1.54, 1.807) is 0 Å². The molecule has 0 saturated carbocycles. The number of hydrogen-bond acceptors (Lipinski definition) is 3. The Morgan fingerprint density at radius 1 is 1.22 bits per heavy atom. The van der Waals surface area contributed by atoms with Crippen molar-refractivity contribution in [2.45, 2.75) is 19.9 Å². The van der Waals surface area contributed by atoms with Crippen molar-refractivity contribution in [3.8, 4) is 0 Å². The molecule has 0 bridgehead atoms. The van der Waals surface area contributed by atoms with Crippen molar-refractivity contribution in [2.24, 2.45) is 5.73 Å². The molecular weight excluding hydrogens is 290 g/mol. The predicted octanol–water partition coefficient (Wildman–Crippen LogP) is 2.44. The Labute approximate surface area is 118 Å². The van der Waals surface area contributed by atoms with Crippen LogP contribution < -0.4 is 10.6 Å². The van der Waals surface area contributed by atoms with Gasteiger partial charge in [0.1, 0.15) is 0 Å². The molecule has 18 heavy (non-hydrogen) atoms. The lowest BCUT2D eigenvalue weighted by Gasteiger charge is -2.36. The van der Waals surface area contributed by atoms with Crippen LogP contribution in [0.2, 0.25) is 0 Å². The predicted molar refractivity (Wildman–Crippen MR) is 81.0 cm³/mol. The maximum atomic E-state index is 5.68. The average Bonchev–Trinajstić information content (AvgIpc) is 2.40. The van der Waals surface area contributed by atoms with Crippen molar-refractivity contribution in [1.82, 2.24) is 4.90 Å². The third kappa shape index (κ3) is 3.25. The van der Waals surface area contributed by atoms with E-state index in [4.69, 9.17) is 5.73 Å². The number of piperazine rings is 1. The summed E-state index contributed by atoms with van der Waals surface area (Å²) in [5.74, 6) is 0. The summed E-state index contributed by atoms with van der Waals surface area (Å²) >= 11 is 3.59. The summed E-state index contributed by atoms with van der Waals surface area (Å²) in [6.07, 6.45) is 1.25. The van der Waals surface area contributed by atoms with Crippen LogP contribution in [0, 0.1) is 0 Å². The summed E-state index contributed by atoms with van der Waals surface area (Å²) in [6, 6.07) is 6.50. The fourth-order valence-corrected chi connectivity index (χ4v) is 2.97.